The summed E-state index contributed by atoms with van der Waals surface area (Å²) in [5, 5.41) is 6.52. The molecule has 5 fully saturated rings. The van der Waals surface area contributed by atoms with Gasteiger partial charge in [0.15, 0.2) is 0 Å². The van der Waals surface area contributed by atoms with Crippen molar-refractivity contribution in [3.8, 4) is 0 Å². The predicted molar refractivity (Wildman–Crippen MR) is 117 cm³/mol. The monoisotopic (exact) mass is 421 g/mol. The number of carbonyl (C=O) groups excluding carboxylic acids is 2. The molecule has 2 aromatic heterocycles. The minimum absolute atomic E-state index is 0.0647. The normalized spacial score (nSPS) is 31.9. The molecule has 7 rings (SSSR count). The van der Waals surface area contributed by atoms with Crippen LogP contribution in [0.4, 0.5) is 0 Å². The van der Waals surface area contributed by atoms with E-state index in [-0.39, 0.29) is 11.8 Å². The Kier molecular flexibility index (Phi) is 4.56. The molecule has 3 heterocycles. The topological polar surface area (TPSA) is 78.7 Å². The van der Waals surface area contributed by atoms with E-state index in [1.807, 2.05) is 23.1 Å². The number of hydrogen-bond donors (Lipinski definition) is 2. The van der Waals surface area contributed by atoms with E-state index in [4.69, 9.17) is 0 Å². The number of piperazine rings is 1. The van der Waals surface area contributed by atoms with Crippen LogP contribution < -0.4 is 10.6 Å². The Balaban J connectivity index is 1.20. The van der Waals surface area contributed by atoms with E-state index in [2.05, 4.69) is 15.6 Å². The number of nitrogens with zero attached hydrogens (tertiary/aromatic N) is 3. The van der Waals surface area contributed by atoms with Gasteiger partial charge in [-0.3, -0.25) is 14.0 Å². The Labute approximate surface area is 182 Å². The quantitative estimate of drug-likeness (QED) is 0.794. The fourth-order valence-electron chi connectivity index (χ4n) is 7.19. The minimum atomic E-state index is -0.0695. The smallest absolute Gasteiger partial charge is 0.274 e. The van der Waals surface area contributed by atoms with E-state index in [1.54, 1.807) is 10.6 Å². The lowest BCUT2D eigenvalue weighted by molar-refractivity contribution is -0.0503. The Morgan fingerprint density at radius 2 is 1.74 bits per heavy atom. The fraction of sp³-hybridized carbons (Fsp3) is 0.625. The average molecular weight is 422 g/mol. The van der Waals surface area contributed by atoms with Crippen molar-refractivity contribution in [1.82, 2.24) is 24.9 Å². The molecule has 5 aliphatic rings. The third-order valence-corrected chi connectivity index (χ3v) is 8.14. The van der Waals surface area contributed by atoms with Gasteiger partial charge in [0.05, 0.1) is 0 Å². The highest BCUT2D eigenvalue weighted by Crippen LogP contribution is 2.59. The summed E-state index contributed by atoms with van der Waals surface area (Å²) in [6.45, 7) is 3.75. The third-order valence-electron chi connectivity index (χ3n) is 8.14. The number of nitrogens with one attached hydrogen (secondary N) is 2. The molecular formula is C24H31N5O2. The van der Waals surface area contributed by atoms with E-state index in [9.17, 15) is 9.59 Å². The van der Waals surface area contributed by atoms with Crippen molar-refractivity contribution in [2.24, 2.45) is 23.2 Å². The summed E-state index contributed by atoms with van der Waals surface area (Å²) in [5.74, 6) is 2.49. The summed E-state index contributed by atoms with van der Waals surface area (Å²) >= 11 is 0. The second-order valence-electron chi connectivity index (χ2n) is 10.4. The summed E-state index contributed by atoms with van der Waals surface area (Å²) in [4.78, 5) is 32.4. The summed E-state index contributed by atoms with van der Waals surface area (Å²) in [5.41, 5.74) is 1.90. The zero-order chi connectivity index (χ0) is 21.0. The second kappa shape index (κ2) is 7.33. The van der Waals surface area contributed by atoms with Crippen molar-refractivity contribution in [2.45, 2.75) is 38.5 Å². The lowest BCUT2D eigenvalue weighted by atomic mass is 9.49. The van der Waals surface area contributed by atoms with E-state index < -0.39 is 0 Å². The molecule has 2 N–H and O–H groups in total. The maximum absolute atomic E-state index is 13.2. The summed E-state index contributed by atoms with van der Waals surface area (Å²) in [6.07, 6.45) is 9.77. The molecule has 31 heavy (non-hydrogen) atoms. The predicted octanol–water partition coefficient (Wildman–Crippen LogP) is 2.33. The van der Waals surface area contributed by atoms with Gasteiger partial charge in [-0.2, -0.15) is 0 Å². The summed E-state index contributed by atoms with van der Waals surface area (Å²) in [7, 11) is 0. The van der Waals surface area contributed by atoms with Crippen molar-refractivity contribution in [1.29, 1.82) is 0 Å². The molecule has 0 radical (unpaired) electrons. The van der Waals surface area contributed by atoms with Gasteiger partial charge in [-0.25, -0.2) is 4.98 Å². The molecule has 1 saturated heterocycles. The highest BCUT2D eigenvalue weighted by molar-refractivity contribution is 5.95. The van der Waals surface area contributed by atoms with E-state index in [0.29, 0.717) is 35.5 Å². The molecule has 2 aromatic rings. The minimum Gasteiger partial charge on any atom is -0.350 e. The molecule has 0 aromatic carbocycles. The largest absolute Gasteiger partial charge is 0.350 e. The van der Waals surface area contributed by atoms with Crippen LogP contribution in [0.3, 0.4) is 0 Å². The number of fused-ring (bicyclic) bond motifs is 1. The van der Waals surface area contributed by atoms with Crippen LogP contribution >= 0.6 is 0 Å². The van der Waals surface area contributed by atoms with Crippen molar-refractivity contribution in [3.05, 3.63) is 35.8 Å². The molecule has 164 valence electrons. The Morgan fingerprint density at radius 3 is 2.42 bits per heavy atom. The maximum Gasteiger partial charge on any atom is 0.274 e. The van der Waals surface area contributed by atoms with Gasteiger partial charge in [-0.15, -0.1) is 0 Å². The molecule has 2 amide bonds. The van der Waals surface area contributed by atoms with Crippen molar-refractivity contribution in [3.63, 3.8) is 0 Å². The SMILES string of the molecule is O=C(NCC12CC3CC(CC(C3)C1)C2)c1cccc2nc(C(=O)N3CCNCC3)cn12. The Morgan fingerprint density at radius 1 is 1.06 bits per heavy atom. The van der Waals surface area contributed by atoms with E-state index in [0.717, 1.165) is 37.4 Å². The molecule has 0 unspecified atom stereocenters. The molecule has 7 heteroatoms. The third kappa shape index (κ3) is 3.43. The molecule has 1 aliphatic heterocycles. The maximum atomic E-state index is 13.2. The first-order valence-electron chi connectivity index (χ1n) is 11.8. The summed E-state index contributed by atoms with van der Waals surface area (Å²) < 4.78 is 1.77. The number of carbonyl (C=O) groups is 2. The fourth-order valence-corrected chi connectivity index (χ4v) is 7.19. The molecule has 0 atom stereocenters. The number of amides is 2. The lowest BCUT2D eigenvalue weighted by Crippen LogP contribution is -2.51. The van der Waals surface area contributed by atoms with Crippen molar-refractivity contribution >= 4 is 17.5 Å². The number of rotatable bonds is 4. The van der Waals surface area contributed by atoms with Crippen LogP contribution in [0.15, 0.2) is 24.4 Å². The molecular weight excluding hydrogens is 390 g/mol. The Bertz CT molecular complexity index is 987. The standard InChI is InChI=1S/C24H31N5O2/c30-22(26-15-24-11-16-8-17(12-24)10-18(9-16)13-24)20-2-1-3-21-27-19(14-29(20)21)23(31)28-6-4-25-5-7-28/h1-3,14,16-18,25H,4-13,15H2,(H,26,30). The van der Waals surface area contributed by atoms with Crippen LogP contribution in [0.25, 0.3) is 5.65 Å². The van der Waals surface area contributed by atoms with Crippen LogP contribution in [0.2, 0.25) is 0 Å². The van der Waals surface area contributed by atoms with Gasteiger partial charge in [0.25, 0.3) is 11.8 Å². The number of imidazole rings is 1. The van der Waals surface area contributed by atoms with E-state index in [1.165, 1.54) is 38.5 Å². The van der Waals surface area contributed by atoms with Crippen LogP contribution in [-0.2, 0) is 0 Å². The first kappa shape index (κ1) is 19.3. The van der Waals surface area contributed by atoms with Gasteiger partial charge < -0.3 is 15.5 Å². The van der Waals surface area contributed by atoms with Crippen LogP contribution in [-0.4, -0.2) is 58.8 Å². The number of aromatic nitrogens is 2. The van der Waals surface area contributed by atoms with E-state index >= 15 is 0 Å². The van der Waals surface area contributed by atoms with Gasteiger partial charge in [0.1, 0.15) is 17.0 Å². The second-order valence-corrected chi connectivity index (χ2v) is 10.4. The van der Waals surface area contributed by atoms with Gasteiger partial charge in [-0.05, 0) is 73.8 Å². The summed E-state index contributed by atoms with van der Waals surface area (Å²) in [6, 6.07) is 5.52. The van der Waals surface area contributed by atoms with Crippen molar-refractivity contribution < 1.29 is 9.59 Å². The number of pyridine rings is 1. The lowest BCUT2D eigenvalue weighted by Gasteiger charge is -2.56. The highest BCUT2D eigenvalue weighted by atomic mass is 16.2. The molecule has 7 nitrogen and oxygen atoms in total. The van der Waals surface area contributed by atoms with Gasteiger partial charge in [0, 0.05) is 38.9 Å². The van der Waals surface area contributed by atoms with Crippen LogP contribution in [0, 0.1) is 23.2 Å². The van der Waals surface area contributed by atoms with Crippen LogP contribution in [0.1, 0.15) is 59.5 Å². The molecule has 4 saturated carbocycles. The average Bonchev–Trinajstić information content (AvgIpc) is 3.21. The highest BCUT2D eigenvalue weighted by Gasteiger charge is 2.50. The Hall–Kier alpha value is -2.41. The number of hydrogen-bond acceptors (Lipinski definition) is 4. The molecule has 4 aliphatic carbocycles. The first-order valence-corrected chi connectivity index (χ1v) is 11.8. The van der Waals surface area contributed by atoms with Gasteiger partial charge in [0.2, 0.25) is 0 Å². The van der Waals surface area contributed by atoms with Gasteiger partial charge >= 0.3 is 0 Å². The molecule has 0 spiro atoms. The molecule has 4 bridgehead atoms. The zero-order valence-corrected chi connectivity index (χ0v) is 18.0. The first-order chi connectivity index (χ1) is 15.1. The zero-order valence-electron chi connectivity index (χ0n) is 18.0. The van der Waals surface area contributed by atoms with Crippen LogP contribution in [0.5, 0.6) is 0 Å². The van der Waals surface area contributed by atoms with Gasteiger partial charge in [-0.1, -0.05) is 6.07 Å². The van der Waals surface area contributed by atoms with Crippen molar-refractivity contribution in [2.75, 3.05) is 32.7 Å².